The third-order valence-electron chi connectivity index (χ3n) is 3.85. The van der Waals surface area contributed by atoms with E-state index in [0.29, 0.717) is 13.1 Å². The zero-order chi connectivity index (χ0) is 13.9. The molecule has 1 aromatic carbocycles. The first-order valence-electron chi connectivity index (χ1n) is 6.76. The summed E-state index contributed by atoms with van der Waals surface area (Å²) in [7, 11) is 1.86. The molecule has 0 aromatic heterocycles. The van der Waals surface area contributed by atoms with Gasteiger partial charge in [0.1, 0.15) is 0 Å². The number of carbonyl (C=O) groups excluding carboxylic acids is 1. The minimum Gasteiger partial charge on any atom is -0.355 e. The van der Waals surface area contributed by atoms with Crippen LogP contribution < -0.4 is 10.6 Å². The lowest BCUT2D eigenvalue weighted by Gasteiger charge is -2.19. The van der Waals surface area contributed by atoms with Gasteiger partial charge in [-0.15, -0.1) is 0 Å². The molecule has 0 bridgehead atoms. The molecule has 104 valence electrons. The zero-order valence-corrected chi connectivity index (χ0v) is 12.3. The van der Waals surface area contributed by atoms with Crippen LogP contribution in [0, 0.1) is 5.92 Å². The van der Waals surface area contributed by atoms with Gasteiger partial charge in [-0.05, 0) is 37.6 Å². The fraction of sp³-hybridized carbons (Fsp3) is 0.533. The van der Waals surface area contributed by atoms with Crippen molar-refractivity contribution in [3.63, 3.8) is 0 Å². The van der Waals surface area contributed by atoms with Crippen molar-refractivity contribution in [1.82, 2.24) is 10.6 Å². The lowest BCUT2D eigenvalue weighted by atomic mass is 9.95. The number of hydrogen-bond donors (Lipinski definition) is 2. The highest BCUT2D eigenvalue weighted by atomic mass is 35.5. The van der Waals surface area contributed by atoms with Gasteiger partial charge in [-0.1, -0.05) is 30.7 Å². The molecule has 0 aliphatic heterocycles. The van der Waals surface area contributed by atoms with Gasteiger partial charge in [-0.25, -0.2) is 0 Å². The largest absolute Gasteiger partial charge is 0.355 e. The first-order valence-corrected chi connectivity index (χ1v) is 7.13. The van der Waals surface area contributed by atoms with Gasteiger partial charge in [-0.3, -0.25) is 4.79 Å². The highest BCUT2D eigenvalue weighted by molar-refractivity contribution is 6.30. The van der Waals surface area contributed by atoms with E-state index in [4.69, 9.17) is 11.6 Å². The van der Waals surface area contributed by atoms with Gasteiger partial charge in [0.2, 0.25) is 5.91 Å². The Kier molecular flexibility index (Phi) is 4.48. The van der Waals surface area contributed by atoms with Gasteiger partial charge >= 0.3 is 0 Å². The van der Waals surface area contributed by atoms with Crippen LogP contribution in [-0.2, 0) is 10.2 Å². The Morgan fingerprint density at radius 1 is 1.47 bits per heavy atom. The molecule has 0 spiro atoms. The second kappa shape index (κ2) is 5.93. The number of rotatable bonds is 6. The van der Waals surface area contributed by atoms with Crippen LogP contribution in [-0.4, -0.2) is 26.0 Å². The molecule has 0 radical (unpaired) electrons. The van der Waals surface area contributed by atoms with Gasteiger partial charge in [-0.2, -0.15) is 0 Å². The molecule has 1 aliphatic carbocycles. The second-order valence-corrected chi connectivity index (χ2v) is 5.90. The molecule has 0 saturated heterocycles. The molecule has 1 fully saturated rings. The molecule has 2 rings (SSSR count). The topological polar surface area (TPSA) is 41.1 Å². The van der Waals surface area contributed by atoms with Gasteiger partial charge in [0.05, 0.1) is 0 Å². The van der Waals surface area contributed by atoms with Crippen molar-refractivity contribution in [1.29, 1.82) is 0 Å². The van der Waals surface area contributed by atoms with E-state index in [1.807, 2.05) is 32.2 Å². The van der Waals surface area contributed by atoms with Crippen molar-refractivity contribution in [3.05, 3.63) is 34.9 Å². The van der Waals surface area contributed by atoms with Crippen molar-refractivity contribution in [2.75, 3.05) is 20.1 Å². The predicted molar refractivity (Wildman–Crippen MR) is 78.5 cm³/mol. The predicted octanol–water partition coefficient (Wildman–Crippen LogP) is 2.34. The Morgan fingerprint density at radius 3 is 2.79 bits per heavy atom. The Morgan fingerprint density at radius 2 is 2.21 bits per heavy atom. The highest BCUT2D eigenvalue weighted by Crippen LogP contribution is 2.48. The summed E-state index contributed by atoms with van der Waals surface area (Å²) >= 11 is 6.04. The van der Waals surface area contributed by atoms with Crippen molar-refractivity contribution >= 4 is 17.5 Å². The van der Waals surface area contributed by atoms with E-state index >= 15 is 0 Å². The number of amides is 1. The third kappa shape index (κ3) is 3.48. The van der Waals surface area contributed by atoms with E-state index < -0.39 is 0 Å². The molecular weight excluding hydrogens is 260 g/mol. The fourth-order valence-electron chi connectivity index (χ4n) is 2.37. The number of nitrogens with one attached hydrogen (secondary N) is 2. The van der Waals surface area contributed by atoms with Crippen LogP contribution in [0.2, 0.25) is 5.02 Å². The van der Waals surface area contributed by atoms with Crippen LogP contribution in [0.3, 0.4) is 0 Å². The van der Waals surface area contributed by atoms with Gasteiger partial charge in [0, 0.05) is 29.4 Å². The zero-order valence-electron chi connectivity index (χ0n) is 11.5. The maximum Gasteiger partial charge on any atom is 0.224 e. The van der Waals surface area contributed by atoms with Crippen LogP contribution in [0.25, 0.3) is 0 Å². The van der Waals surface area contributed by atoms with Crippen molar-refractivity contribution < 1.29 is 4.79 Å². The summed E-state index contributed by atoms with van der Waals surface area (Å²) in [5.41, 5.74) is 1.35. The summed E-state index contributed by atoms with van der Waals surface area (Å²) in [6.45, 7) is 3.35. The normalized spacial score (nSPS) is 17.8. The van der Waals surface area contributed by atoms with Crippen molar-refractivity contribution in [2.24, 2.45) is 5.92 Å². The first-order chi connectivity index (χ1) is 9.07. The summed E-state index contributed by atoms with van der Waals surface area (Å²) in [6.07, 6.45) is 2.24. The molecule has 3 nitrogen and oxygen atoms in total. The quantitative estimate of drug-likeness (QED) is 0.840. The molecule has 19 heavy (non-hydrogen) atoms. The molecule has 1 aromatic rings. The molecule has 1 amide bonds. The Labute approximate surface area is 119 Å². The average molecular weight is 281 g/mol. The SMILES string of the molecule is CNCC(C)C(=O)NCC1(c2cccc(Cl)c2)CC1. The molecule has 1 atom stereocenters. The Balaban J connectivity index is 1.94. The van der Waals surface area contributed by atoms with E-state index in [-0.39, 0.29) is 17.2 Å². The third-order valence-corrected chi connectivity index (χ3v) is 4.08. The number of benzene rings is 1. The van der Waals surface area contributed by atoms with Gasteiger partial charge in [0.15, 0.2) is 0 Å². The van der Waals surface area contributed by atoms with E-state index in [0.717, 1.165) is 17.9 Å². The molecule has 1 aliphatic rings. The van der Waals surface area contributed by atoms with E-state index in [1.165, 1.54) is 5.56 Å². The Bertz CT molecular complexity index is 457. The van der Waals surface area contributed by atoms with Crippen LogP contribution in [0.15, 0.2) is 24.3 Å². The van der Waals surface area contributed by atoms with Crippen LogP contribution in [0.5, 0.6) is 0 Å². The summed E-state index contributed by atoms with van der Waals surface area (Å²) in [5, 5.41) is 6.85. The van der Waals surface area contributed by atoms with Crippen molar-refractivity contribution in [3.8, 4) is 0 Å². The smallest absolute Gasteiger partial charge is 0.224 e. The fourth-order valence-corrected chi connectivity index (χ4v) is 2.56. The van der Waals surface area contributed by atoms with E-state index in [2.05, 4.69) is 16.7 Å². The average Bonchev–Trinajstić information content (AvgIpc) is 3.17. The van der Waals surface area contributed by atoms with Gasteiger partial charge in [0.25, 0.3) is 0 Å². The lowest BCUT2D eigenvalue weighted by Crippen LogP contribution is -2.38. The molecule has 4 heteroatoms. The van der Waals surface area contributed by atoms with Gasteiger partial charge < -0.3 is 10.6 Å². The minimum atomic E-state index is 0.000149. The molecule has 2 N–H and O–H groups in total. The molecule has 1 saturated carbocycles. The highest BCUT2D eigenvalue weighted by Gasteiger charge is 2.44. The summed E-state index contributed by atoms with van der Waals surface area (Å²) in [5.74, 6) is 0.114. The standard InChI is InChI=1S/C15H21ClN2O/c1-11(9-17-2)14(19)18-10-15(6-7-15)12-4-3-5-13(16)8-12/h3-5,8,11,17H,6-7,9-10H2,1-2H3,(H,18,19). The molecule has 0 heterocycles. The first kappa shape index (κ1) is 14.4. The number of halogens is 1. The number of hydrogen-bond acceptors (Lipinski definition) is 2. The monoisotopic (exact) mass is 280 g/mol. The molecular formula is C15H21ClN2O. The minimum absolute atomic E-state index is 0.000149. The van der Waals surface area contributed by atoms with Crippen LogP contribution >= 0.6 is 11.6 Å². The number of carbonyl (C=O) groups is 1. The second-order valence-electron chi connectivity index (χ2n) is 5.47. The van der Waals surface area contributed by atoms with E-state index in [9.17, 15) is 4.79 Å². The van der Waals surface area contributed by atoms with E-state index in [1.54, 1.807) is 0 Å². The summed E-state index contributed by atoms with van der Waals surface area (Å²) in [4.78, 5) is 11.9. The maximum atomic E-state index is 11.9. The lowest BCUT2D eigenvalue weighted by molar-refractivity contribution is -0.124. The summed E-state index contributed by atoms with van der Waals surface area (Å²) in [6, 6.07) is 7.97. The van der Waals surface area contributed by atoms with Crippen LogP contribution in [0.4, 0.5) is 0 Å². The Hall–Kier alpha value is -1.06. The summed E-state index contributed by atoms with van der Waals surface area (Å²) < 4.78 is 0. The molecule has 1 unspecified atom stereocenters. The maximum absolute atomic E-state index is 11.9. The van der Waals surface area contributed by atoms with Crippen molar-refractivity contribution in [2.45, 2.75) is 25.2 Å². The van der Waals surface area contributed by atoms with Crippen LogP contribution in [0.1, 0.15) is 25.3 Å².